The Kier molecular flexibility index (Phi) is 3.82. The van der Waals surface area contributed by atoms with Crippen molar-refractivity contribution in [2.45, 2.75) is 44.1 Å². The monoisotopic (exact) mass is 226 g/mol. The van der Waals surface area contributed by atoms with Crippen molar-refractivity contribution >= 4 is 5.91 Å². The highest BCUT2D eigenvalue weighted by Crippen LogP contribution is 2.31. The molecule has 92 valence electrons. The van der Waals surface area contributed by atoms with Crippen molar-refractivity contribution in [2.75, 3.05) is 19.7 Å². The molecule has 1 saturated carbocycles. The van der Waals surface area contributed by atoms with Gasteiger partial charge in [0.1, 0.15) is 0 Å². The van der Waals surface area contributed by atoms with Crippen LogP contribution in [0.4, 0.5) is 0 Å². The maximum absolute atomic E-state index is 11.8. The molecule has 0 bridgehead atoms. The summed E-state index contributed by atoms with van der Waals surface area (Å²) in [7, 11) is 0. The molecule has 0 spiro atoms. The van der Waals surface area contributed by atoms with Crippen molar-refractivity contribution in [3.63, 3.8) is 0 Å². The number of rotatable bonds is 4. The van der Waals surface area contributed by atoms with Crippen molar-refractivity contribution in [1.82, 2.24) is 10.6 Å². The molecule has 2 rings (SSSR count). The minimum absolute atomic E-state index is 0.0850. The zero-order valence-electron chi connectivity index (χ0n) is 9.80. The van der Waals surface area contributed by atoms with Gasteiger partial charge in [-0.3, -0.25) is 4.79 Å². The molecule has 16 heavy (non-hydrogen) atoms. The molecular formula is C12H22N2O2. The lowest BCUT2D eigenvalue weighted by molar-refractivity contribution is -0.126. The third kappa shape index (κ3) is 2.74. The standard InChI is InChI=1S/C12H22N2O2/c15-9-12(4-2-5-12)14-11(16)7-10-3-1-6-13-8-10/h10,13,15H,1-9H2,(H,14,16). The van der Waals surface area contributed by atoms with E-state index in [0.717, 1.165) is 38.8 Å². The molecule has 1 aliphatic carbocycles. The number of amides is 1. The number of hydrogen-bond donors (Lipinski definition) is 3. The van der Waals surface area contributed by atoms with E-state index in [-0.39, 0.29) is 18.1 Å². The maximum Gasteiger partial charge on any atom is 0.220 e. The van der Waals surface area contributed by atoms with Crippen LogP contribution in [-0.2, 0) is 4.79 Å². The molecule has 1 atom stereocenters. The summed E-state index contributed by atoms with van der Waals surface area (Å²) in [6, 6.07) is 0. The maximum atomic E-state index is 11.8. The molecule has 2 aliphatic rings. The number of carbonyl (C=O) groups is 1. The fourth-order valence-electron chi connectivity index (χ4n) is 2.63. The molecule has 1 amide bonds. The molecular weight excluding hydrogens is 204 g/mol. The van der Waals surface area contributed by atoms with Crippen molar-refractivity contribution in [3.8, 4) is 0 Å². The first kappa shape index (κ1) is 11.9. The number of carbonyl (C=O) groups excluding carboxylic acids is 1. The molecule has 3 N–H and O–H groups in total. The number of piperidine rings is 1. The average Bonchev–Trinajstić information content (AvgIpc) is 2.25. The van der Waals surface area contributed by atoms with E-state index in [0.29, 0.717) is 12.3 Å². The molecule has 1 aliphatic heterocycles. The molecule has 1 unspecified atom stereocenters. The first-order chi connectivity index (χ1) is 7.74. The molecule has 0 radical (unpaired) electrons. The van der Waals surface area contributed by atoms with Crippen LogP contribution >= 0.6 is 0 Å². The summed E-state index contributed by atoms with van der Waals surface area (Å²) in [5, 5.41) is 15.6. The molecule has 2 fully saturated rings. The summed E-state index contributed by atoms with van der Waals surface area (Å²) in [6.07, 6.45) is 5.90. The van der Waals surface area contributed by atoms with E-state index in [1.54, 1.807) is 0 Å². The normalized spacial score (nSPS) is 28.2. The smallest absolute Gasteiger partial charge is 0.220 e. The quantitative estimate of drug-likeness (QED) is 0.650. The second-order valence-corrected chi connectivity index (χ2v) is 5.26. The summed E-state index contributed by atoms with van der Waals surface area (Å²) in [5.41, 5.74) is -0.279. The van der Waals surface area contributed by atoms with Gasteiger partial charge in [0.05, 0.1) is 12.1 Å². The van der Waals surface area contributed by atoms with Crippen LogP contribution in [0.25, 0.3) is 0 Å². The van der Waals surface area contributed by atoms with Crippen molar-refractivity contribution in [1.29, 1.82) is 0 Å². The zero-order chi connectivity index (χ0) is 11.4. The van der Waals surface area contributed by atoms with Crippen LogP contribution in [0, 0.1) is 5.92 Å². The van der Waals surface area contributed by atoms with Crippen LogP contribution < -0.4 is 10.6 Å². The summed E-state index contributed by atoms with van der Waals surface area (Å²) < 4.78 is 0. The van der Waals surface area contributed by atoms with Crippen LogP contribution in [-0.4, -0.2) is 36.2 Å². The molecule has 0 aromatic carbocycles. The van der Waals surface area contributed by atoms with Crippen molar-refractivity contribution < 1.29 is 9.90 Å². The summed E-state index contributed by atoms with van der Waals surface area (Å²) in [6.45, 7) is 2.12. The zero-order valence-corrected chi connectivity index (χ0v) is 9.80. The molecule has 0 aromatic heterocycles. The van der Waals surface area contributed by atoms with Gasteiger partial charge in [0.15, 0.2) is 0 Å². The largest absolute Gasteiger partial charge is 0.394 e. The minimum Gasteiger partial charge on any atom is -0.394 e. The Hall–Kier alpha value is -0.610. The van der Waals surface area contributed by atoms with Crippen molar-refractivity contribution in [3.05, 3.63) is 0 Å². The van der Waals surface area contributed by atoms with E-state index in [1.165, 1.54) is 6.42 Å². The SMILES string of the molecule is O=C(CC1CCCNC1)NC1(CO)CCC1. The minimum atomic E-state index is -0.279. The summed E-state index contributed by atoms with van der Waals surface area (Å²) >= 11 is 0. The van der Waals surface area contributed by atoms with E-state index in [9.17, 15) is 9.90 Å². The van der Waals surface area contributed by atoms with E-state index >= 15 is 0 Å². The van der Waals surface area contributed by atoms with Crippen LogP contribution in [0.5, 0.6) is 0 Å². The third-order valence-electron chi connectivity index (χ3n) is 3.89. The number of aliphatic hydroxyl groups excluding tert-OH is 1. The Bertz CT molecular complexity index is 240. The fraction of sp³-hybridized carbons (Fsp3) is 0.917. The van der Waals surface area contributed by atoms with Gasteiger partial charge in [0.2, 0.25) is 5.91 Å². The van der Waals surface area contributed by atoms with E-state index in [1.807, 2.05) is 0 Å². The Morgan fingerprint density at radius 1 is 1.44 bits per heavy atom. The van der Waals surface area contributed by atoms with Gasteiger partial charge in [-0.1, -0.05) is 0 Å². The van der Waals surface area contributed by atoms with E-state index in [4.69, 9.17) is 0 Å². The van der Waals surface area contributed by atoms with Crippen molar-refractivity contribution in [2.24, 2.45) is 5.92 Å². The second kappa shape index (κ2) is 5.15. The highest BCUT2D eigenvalue weighted by atomic mass is 16.3. The Labute approximate surface area is 96.8 Å². The van der Waals surface area contributed by atoms with E-state index in [2.05, 4.69) is 10.6 Å². The highest BCUT2D eigenvalue weighted by molar-refractivity contribution is 5.77. The van der Waals surface area contributed by atoms with Gasteiger partial charge in [-0.25, -0.2) is 0 Å². The molecule has 4 nitrogen and oxygen atoms in total. The lowest BCUT2D eigenvalue weighted by Gasteiger charge is -2.41. The van der Waals surface area contributed by atoms with Gasteiger partial charge in [-0.15, -0.1) is 0 Å². The topological polar surface area (TPSA) is 61.4 Å². The highest BCUT2D eigenvalue weighted by Gasteiger charge is 2.37. The van der Waals surface area contributed by atoms with Crippen LogP contribution in [0.15, 0.2) is 0 Å². The van der Waals surface area contributed by atoms with Gasteiger partial charge in [-0.05, 0) is 51.1 Å². The third-order valence-corrected chi connectivity index (χ3v) is 3.89. The first-order valence-corrected chi connectivity index (χ1v) is 6.37. The first-order valence-electron chi connectivity index (χ1n) is 6.37. The van der Waals surface area contributed by atoms with E-state index < -0.39 is 0 Å². The summed E-state index contributed by atoms with van der Waals surface area (Å²) in [5.74, 6) is 0.590. The van der Waals surface area contributed by atoms with Gasteiger partial charge in [-0.2, -0.15) is 0 Å². The molecule has 1 heterocycles. The Balaban J connectivity index is 1.74. The lowest BCUT2D eigenvalue weighted by atomic mass is 9.77. The molecule has 0 aromatic rings. The molecule has 4 heteroatoms. The predicted molar refractivity (Wildman–Crippen MR) is 62.0 cm³/mol. The van der Waals surface area contributed by atoms with Gasteiger partial charge in [0, 0.05) is 6.42 Å². The van der Waals surface area contributed by atoms with Crippen LogP contribution in [0.2, 0.25) is 0 Å². The van der Waals surface area contributed by atoms with Crippen LogP contribution in [0.1, 0.15) is 38.5 Å². The number of nitrogens with one attached hydrogen (secondary N) is 2. The second-order valence-electron chi connectivity index (χ2n) is 5.26. The van der Waals surface area contributed by atoms with Gasteiger partial charge in [0.25, 0.3) is 0 Å². The number of hydrogen-bond acceptors (Lipinski definition) is 3. The van der Waals surface area contributed by atoms with Gasteiger partial charge < -0.3 is 15.7 Å². The molecule has 1 saturated heterocycles. The fourth-order valence-corrected chi connectivity index (χ4v) is 2.63. The van der Waals surface area contributed by atoms with Gasteiger partial charge >= 0.3 is 0 Å². The lowest BCUT2D eigenvalue weighted by Crippen LogP contribution is -2.56. The Morgan fingerprint density at radius 3 is 2.75 bits per heavy atom. The Morgan fingerprint density at radius 2 is 2.25 bits per heavy atom. The summed E-state index contributed by atoms with van der Waals surface area (Å²) in [4.78, 5) is 11.8. The average molecular weight is 226 g/mol. The number of aliphatic hydroxyl groups is 1. The van der Waals surface area contributed by atoms with Crippen LogP contribution in [0.3, 0.4) is 0 Å². The predicted octanol–water partition coefficient (Wildman–Crippen LogP) is 0.407.